The third-order valence-corrected chi connectivity index (χ3v) is 6.89. The fraction of sp³-hybridized carbons (Fsp3) is 0.435. The minimum atomic E-state index is -3.67. The number of aromatic nitrogens is 1. The molecule has 3 rings (SSSR count). The standard InChI is InChI=1S/C23H30N6O3S/c1-23(2,27-16-22(30)29-12-6-9-19(29)13-24)17-26-21-11-10-20(15-25-21)33(31,32)28-14-18-7-4-3-5-8-18/h3-5,7-8,10-11,15,19,27-28H,6,9,12,14,16-17H2,1-2H3,(H,25,26)/t19-/m0/s1. The molecule has 1 saturated heterocycles. The molecule has 1 fully saturated rings. The average Bonchev–Trinajstić information content (AvgIpc) is 3.30. The molecule has 33 heavy (non-hydrogen) atoms. The van der Waals surface area contributed by atoms with E-state index in [2.05, 4.69) is 26.4 Å². The van der Waals surface area contributed by atoms with Crippen molar-refractivity contribution in [1.29, 1.82) is 5.26 Å². The van der Waals surface area contributed by atoms with Crippen molar-refractivity contribution in [1.82, 2.24) is 19.9 Å². The Morgan fingerprint density at radius 3 is 2.67 bits per heavy atom. The van der Waals surface area contributed by atoms with Crippen LogP contribution in [0, 0.1) is 11.3 Å². The summed E-state index contributed by atoms with van der Waals surface area (Å²) in [6, 6.07) is 14.2. The van der Waals surface area contributed by atoms with Crippen LogP contribution in [-0.2, 0) is 21.4 Å². The van der Waals surface area contributed by atoms with Gasteiger partial charge in [0.25, 0.3) is 0 Å². The van der Waals surface area contributed by atoms with E-state index in [1.54, 1.807) is 11.0 Å². The average molecular weight is 471 g/mol. The first kappa shape index (κ1) is 24.6. The number of anilines is 1. The van der Waals surface area contributed by atoms with Crippen molar-refractivity contribution in [2.45, 2.75) is 49.7 Å². The highest BCUT2D eigenvalue weighted by Crippen LogP contribution is 2.17. The van der Waals surface area contributed by atoms with Crippen LogP contribution < -0.4 is 15.4 Å². The molecule has 0 radical (unpaired) electrons. The van der Waals surface area contributed by atoms with Crippen molar-refractivity contribution >= 4 is 21.7 Å². The van der Waals surface area contributed by atoms with Gasteiger partial charge >= 0.3 is 0 Å². The topological polar surface area (TPSA) is 127 Å². The molecule has 0 unspecified atom stereocenters. The smallest absolute Gasteiger partial charge is 0.242 e. The van der Waals surface area contributed by atoms with Crippen molar-refractivity contribution in [3.05, 3.63) is 54.2 Å². The SMILES string of the molecule is CC(C)(CNc1ccc(S(=O)(=O)NCc2ccccc2)cn1)NCC(=O)N1CCC[C@H]1C#N. The van der Waals surface area contributed by atoms with E-state index in [1.807, 2.05) is 44.2 Å². The van der Waals surface area contributed by atoms with Crippen LogP contribution in [0.15, 0.2) is 53.6 Å². The molecule has 1 aliphatic heterocycles. The van der Waals surface area contributed by atoms with Gasteiger partial charge in [-0.3, -0.25) is 4.79 Å². The minimum Gasteiger partial charge on any atom is -0.368 e. The molecule has 2 heterocycles. The van der Waals surface area contributed by atoms with Crippen LogP contribution in [-0.4, -0.2) is 55.4 Å². The maximum Gasteiger partial charge on any atom is 0.242 e. The van der Waals surface area contributed by atoms with E-state index in [9.17, 15) is 13.2 Å². The van der Waals surface area contributed by atoms with Gasteiger partial charge in [-0.15, -0.1) is 0 Å². The van der Waals surface area contributed by atoms with Crippen molar-refractivity contribution < 1.29 is 13.2 Å². The van der Waals surface area contributed by atoms with E-state index >= 15 is 0 Å². The van der Waals surface area contributed by atoms with E-state index < -0.39 is 15.6 Å². The van der Waals surface area contributed by atoms with Gasteiger partial charge in [0, 0.05) is 31.4 Å². The van der Waals surface area contributed by atoms with Crippen molar-refractivity contribution in [2.75, 3.05) is 25.0 Å². The predicted molar refractivity (Wildman–Crippen MR) is 126 cm³/mol. The summed E-state index contributed by atoms with van der Waals surface area (Å²) in [6.45, 7) is 5.33. The summed E-state index contributed by atoms with van der Waals surface area (Å²) in [5, 5.41) is 15.5. The lowest BCUT2D eigenvalue weighted by molar-refractivity contribution is -0.130. The molecular formula is C23H30N6O3S. The fourth-order valence-corrected chi connectivity index (χ4v) is 4.45. The van der Waals surface area contributed by atoms with E-state index in [0.29, 0.717) is 18.9 Å². The van der Waals surface area contributed by atoms with Gasteiger partial charge in [-0.25, -0.2) is 18.1 Å². The number of sulfonamides is 1. The third kappa shape index (κ3) is 6.99. The molecule has 0 spiro atoms. The van der Waals surface area contributed by atoms with Gasteiger partial charge in [0.15, 0.2) is 0 Å². The maximum absolute atomic E-state index is 12.5. The Labute approximate surface area is 195 Å². The fourth-order valence-electron chi connectivity index (χ4n) is 3.49. The van der Waals surface area contributed by atoms with Crippen molar-refractivity contribution in [3.8, 4) is 6.07 Å². The van der Waals surface area contributed by atoms with E-state index in [1.165, 1.54) is 12.3 Å². The molecular weight excluding hydrogens is 440 g/mol. The highest BCUT2D eigenvalue weighted by Gasteiger charge is 2.29. The monoisotopic (exact) mass is 470 g/mol. The molecule has 1 aliphatic rings. The number of nitrogens with one attached hydrogen (secondary N) is 3. The molecule has 0 bridgehead atoms. The lowest BCUT2D eigenvalue weighted by atomic mass is 10.1. The van der Waals surface area contributed by atoms with Crippen LogP contribution in [0.2, 0.25) is 0 Å². The predicted octanol–water partition coefficient (Wildman–Crippen LogP) is 1.85. The number of rotatable bonds is 10. The largest absolute Gasteiger partial charge is 0.368 e. The quantitative estimate of drug-likeness (QED) is 0.484. The number of benzene rings is 1. The minimum absolute atomic E-state index is 0.0807. The van der Waals surface area contributed by atoms with Gasteiger partial charge in [-0.05, 0) is 44.4 Å². The molecule has 3 N–H and O–H groups in total. The number of carbonyl (C=O) groups excluding carboxylic acids is 1. The zero-order chi connectivity index (χ0) is 23.9. The second kappa shape index (κ2) is 10.7. The maximum atomic E-state index is 12.5. The first-order valence-corrected chi connectivity index (χ1v) is 12.4. The van der Waals surface area contributed by atoms with Crippen molar-refractivity contribution in [2.24, 2.45) is 0 Å². The number of likely N-dealkylation sites (tertiary alicyclic amines) is 1. The van der Waals surface area contributed by atoms with Crippen LogP contribution in [0.1, 0.15) is 32.3 Å². The second-order valence-corrected chi connectivity index (χ2v) is 10.4. The zero-order valence-corrected chi connectivity index (χ0v) is 19.7. The van der Waals surface area contributed by atoms with Gasteiger partial charge in [-0.1, -0.05) is 30.3 Å². The lowest BCUT2D eigenvalue weighted by Crippen LogP contribution is -2.50. The number of carbonyl (C=O) groups is 1. The van der Waals surface area contributed by atoms with Crippen molar-refractivity contribution in [3.63, 3.8) is 0 Å². The normalized spacial score (nSPS) is 16.4. The summed E-state index contributed by atoms with van der Waals surface area (Å²) in [5.74, 6) is 0.449. The van der Waals surface area contributed by atoms with Gasteiger partial charge in [0.1, 0.15) is 16.8 Å². The molecule has 0 saturated carbocycles. The molecule has 1 amide bonds. The third-order valence-electron chi connectivity index (χ3n) is 5.51. The molecule has 176 valence electrons. The van der Waals surface area contributed by atoms with Gasteiger partial charge in [0.2, 0.25) is 15.9 Å². The number of amides is 1. The van der Waals surface area contributed by atoms with Crippen LogP contribution in [0.4, 0.5) is 5.82 Å². The Morgan fingerprint density at radius 1 is 1.24 bits per heavy atom. The van der Waals surface area contributed by atoms with E-state index in [-0.39, 0.29) is 29.9 Å². The number of pyridine rings is 1. The summed E-state index contributed by atoms with van der Waals surface area (Å²) in [7, 11) is -3.67. The Morgan fingerprint density at radius 2 is 2.00 bits per heavy atom. The molecule has 0 aliphatic carbocycles. The highest BCUT2D eigenvalue weighted by molar-refractivity contribution is 7.89. The highest BCUT2D eigenvalue weighted by atomic mass is 32.2. The first-order chi connectivity index (χ1) is 15.7. The van der Waals surface area contributed by atoms with E-state index in [0.717, 1.165) is 18.4 Å². The number of hydrogen-bond donors (Lipinski definition) is 3. The Bertz CT molecular complexity index is 1080. The summed E-state index contributed by atoms with van der Waals surface area (Å²) in [5.41, 5.74) is 0.440. The Hall–Kier alpha value is -3.00. The molecule has 2 aromatic rings. The molecule has 10 heteroatoms. The second-order valence-electron chi connectivity index (χ2n) is 8.65. The summed E-state index contributed by atoms with van der Waals surface area (Å²) in [6.07, 6.45) is 2.90. The number of nitrogens with zero attached hydrogens (tertiary/aromatic N) is 3. The van der Waals surface area contributed by atoms with Crippen LogP contribution >= 0.6 is 0 Å². The van der Waals surface area contributed by atoms with Crippen LogP contribution in [0.25, 0.3) is 0 Å². The first-order valence-electron chi connectivity index (χ1n) is 10.9. The summed E-state index contributed by atoms with van der Waals surface area (Å²) in [4.78, 5) is 18.4. The zero-order valence-electron chi connectivity index (χ0n) is 18.9. The van der Waals surface area contributed by atoms with Crippen LogP contribution in [0.3, 0.4) is 0 Å². The molecule has 1 aromatic heterocycles. The lowest BCUT2D eigenvalue weighted by Gasteiger charge is -2.28. The van der Waals surface area contributed by atoms with Gasteiger partial charge in [-0.2, -0.15) is 5.26 Å². The molecule has 1 atom stereocenters. The van der Waals surface area contributed by atoms with Gasteiger partial charge < -0.3 is 15.5 Å². The Kier molecular flexibility index (Phi) is 8.02. The number of nitriles is 1. The molecule has 1 aromatic carbocycles. The summed E-state index contributed by atoms with van der Waals surface area (Å²) >= 11 is 0. The molecule has 9 nitrogen and oxygen atoms in total. The van der Waals surface area contributed by atoms with E-state index in [4.69, 9.17) is 5.26 Å². The van der Waals surface area contributed by atoms with Crippen LogP contribution in [0.5, 0.6) is 0 Å². The van der Waals surface area contributed by atoms with Gasteiger partial charge in [0.05, 0.1) is 12.6 Å². The Balaban J connectivity index is 1.48. The summed E-state index contributed by atoms with van der Waals surface area (Å²) < 4.78 is 27.6. The number of hydrogen-bond acceptors (Lipinski definition) is 7.